The van der Waals surface area contributed by atoms with Crippen molar-refractivity contribution in [2.75, 3.05) is 7.11 Å². The van der Waals surface area contributed by atoms with Gasteiger partial charge in [0.05, 0.1) is 19.0 Å². The van der Waals surface area contributed by atoms with Gasteiger partial charge in [0.2, 0.25) is 0 Å². The van der Waals surface area contributed by atoms with Crippen molar-refractivity contribution >= 4 is 5.97 Å². The second kappa shape index (κ2) is 5.44. The molecular weight excluding hydrogens is 230 g/mol. The number of methoxy groups -OCH3 is 1. The molecule has 0 aliphatic rings. The zero-order valence-corrected chi connectivity index (χ0v) is 10.4. The number of ether oxygens (including phenoxy) is 1. The van der Waals surface area contributed by atoms with Crippen molar-refractivity contribution < 1.29 is 9.53 Å². The zero-order chi connectivity index (χ0) is 13.0. The zero-order valence-electron chi connectivity index (χ0n) is 10.4. The fourth-order valence-electron chi connectivity index (χ4n) is 1.81. The van der Waals surface area contributed by atoms with Gasteiger partial charge in [-0.15, -0.1) is 0 Å². The van der Waals surface area contributed by atoms with Gasteiger partial charge < -0.3 is 9.72 Å². The quantitative estimate of drug-likeness (QED) is 0.838. The van der Waals surface area contributed by atoms with Gasteiger partial charge in [-0.1, -0.05) is 6.92 Å². The Labute approximate surface area is 105 Å². The molecule has 0 amide bonds. The second-order valence-electron chi connectivity index (χ2n) is 3.90. The van der Waals surface area contributed by atoms with Crippen molar-refractivity contribution in [3.05, 3.63) is 36.5 Å². The molecular formula is C13H15N3O2. The summed E-state index contributed by atoms with van der Waals surface area (Å²) in [6.45, 7) is 1.93. The van der Waals surface area contributed by atoms with Crippen LogP contribution in [0.5, 0.6) is 0 Å². The van der Waals surface area contributed by atoms with E-state index in [1.807, 2.05) is 19.1 Å². The van der Waals surface area contributed by atoms with Gasteiger partial charge in [0, 0.05) is 18.0 Å². The molecule has 0 bridgehead atoms. The number of rotatable bonds is 4. The van der Waals surface area contributed by atoms with Gasteiger partial charge in [0.25, 0.3) is 0 Å². The minimum Gasteiger partial charge on any atom is -0.468 e. The summed E-state index contributed by atoms with van der Waals surface area (Å²) < 4.78 is 4.76. The van der Waals surface area contributed by atoms with Crippen LogP contribution >= 0.6 is 0 Å². The summed E-state index contributed by atoms with van der Waals surface area (Å²) in [4.78, 5) is 23.0. The summed E-state index contributed by atoms with van der Waals surface area (Å²) in [5.74, 6) is 0.0230. The summed E-state index contributed by atoms with van der Waals surface area (Å²) >= 11 is 0. The fourth-order valence-corrected chi connectivity index (χ4v) is 1.81. The Bertz CT molecular complexity index is 522. The second-order valence-corrected chi connectivity index (χ2v) is 3.90. The van der Waals surface area contributed by atoms with E-state index < -0.39 is 0 Å². The molecule has 18 heavy (non-hydrogen) atoms. The minimum atomic E-state index is -0.342. The number of imidazole rings is 1. The highest BCUT2D eigenvalue weighted by Crippen LogP contribution is 2.22. The van der Waals surface area contributed by atoms with Gasteiger partial charge in [-0.3, -0.25) is 9.78 Å². The average Bonchev–Trinajstić information content (AvgIpc) is 2.90. The van der Waals surface area contributed by atoms with Crippen LogP contribution in [0.25, 0.3) is 11.3 Å². The van der Waals surface area contributed by atoms with E-state index in [1.165, 1.54) is 7.11 Å². The van der Waals surface area contributed by atoms with Crippen LogP contribution < -0.4 is 0 Å². The number of pyridine rings is 1. The van der Waals surface area contributed by atoms with Gasteiger partial charge in [-0.25, -0.2) is 4.98 Å². The van der Waals surface area contributed by atoms with Crippen LogP contribution in [0.4, 0.5) is 0 Å². The fraction of sp³-hybridized carbons (Fsp3) is 0.308. The monoisotopic (exact) mass is 245 g/mol. The number of esters is 1. The van der Waals surface area contributed by atoms with Crippen LogP contribution in [0.3, 0.4) is 0 Å². The van der Waals surface area contributed by atoms with Crippen LogP contribution in [0.2, 0.25) is 0 Å². The van der Waals surface area contributed by atoms with Crippen molar-refractivity contribution in [3.63, 3.8) is 0 Å². The van der Waals surface area contributed by atoms with E-state index in [4.69, 9.17) is 4.74 Å². The number of hydrogen-bond acceptors (Lipinski definition) is 4. The van der Waals surface area contributed by atoms with Crippen molar-refractivity contribution in [3.8, 4) is 11.3 Å². The van der Waals surface area contributed by atoms with Crippen molar-refractivity contribution in [1.29, 1.82) is 0 Å². The van der Waals surface area contributed by atoms with Crippen LogP contribution in [-0.4, -0.2) is 28.0 Å². The van der Waals surface area contributed by atoms with Crippen molar-refractivity contribution in [1.82, 2.24) is 15.0 Å². The number of aromatic nitrogens is 3. The molecule has 0 aliphatic heterocycles. The number of carbonyl (C=O) groups excluding carboxylic acids is 1. The highest BCUT2D eigenvalue weighted by molar-refractivity contribution is 5.77. The molecule has 1 atom stereocenters. The Hall–Kier alpha value is -2.17. The lowest BCUT2D eigenvalue weighted by molar-refractivity contribution is -0.142. The Balaban J connectivity index is 2.27. The average molecular weight is 245 g/mol. The van der Waals surface area contributed by atoms with Crippen molar-refractivity contribution in [2.24, 2.45) is 0 Å². The first-order chi connectivity index (χ1) is 8.76. The lowest BCUT2D eigenvalue weighted by Crippen LogP contribution is -2.14. The highest BCUT2D eigenvalue weighted by atomic mass is 16.5. The molecule has 0 radical (unpaired) electrons. The summed E-state index contributed by atoms with van der Waals surface area (Å²) in [5.41, 5.74) is 1.86. The molecule has 2 aromatic rings. The molecule has 0 aromatic carbocycles. The topological polar surface area (TPSA) is 67.9 Å². The third kappa shape index (κ3) is 2.40. The number of H-pyrrole nitrogens is 1. The smallest absolute Gasteiger partial charge is 0.316 e. The maximum atomic E-state index is 11.6. The molecule has 2 aromatic heterocycles. The lowest BCUT2D eigenvalue weighted by atomic mass is 10.1. The van der Waals surface area contributed by atoms with E-state index in [1.54, 1.807) is 18.6 Å². The normalized spacial score (nSPS) is 12.1. The molecule has 1 unspecified atom stereocenters. The Morgan fingerprint density at radius 3 is 2.78 bits per heavy atom. The van der Waals surface area contributed by atoms with Gasteiger partial charge in [0.15, 0.2) is 0 Å². The molecule has 0 spiro atoms. The molecule has 0 fully saturated rings. The van der Waals surface area contributed by atoms with E-state index in [0.29, 0.717) is 12.2 Å². The van der Waals surface area contributed by atoms with E-state index in [9.17, 15) is 4.79 Å². The van der Waals surface area contributed by atoms with Crippen LogP contribution in [0.1, 0.15) is 25.1 Å². The molecule has 1 N–H and O–H groups in total. The molecule has 0 saturated heterocycles. The summed E-state index contributed by atoms with van der Waals surface area (Å²) in [6, 6.07) is 3.77. The molecule has 5 heteroatoms. The Morgan fingerprint density at radius 1 is 1.44 bits per heavy atom. The van der Waals surface area contributed by atoms with E-state index in [0.717, 1.165) is 11.3 Å². The van der Waals surface area contributed by atoms with Crippen LogP contribution in [-0.2, 0) is 9.53 Å². The lowest BCUT2D eigenvalue weighted by Gasteiger charge is -2.08. The van der Waals surface area contributed by atoms with Crippen molar-refractivity contribution in [2.45, 2.75) is 19.3 Å². The maximum Gasteiger partial charge on any atom is 0.316 e. The standard InChI is InChI=1S/C13H15N3O2/c1-3-10(13(17)18-2)12-15-8-11(16-12)9-4-6-14-7-5-9/h4-8,10H,3H2,1-2H3,(H,15,16). The SMILES string of the molecule is CCC(C(=O)OC)c1ncc(-c2ccncc2)[nH]1. The summed E-state index contributed by atoms with van der Waals surface area (Å²) in [5, 5.41) is 0. The van der Waals surface area contributed by atoms with Gasteiger partial charge in [-0.2, -0.15) is 0 Å². The Kier molecular flexibility index (Phi) is 3.72. The van der Waals surface area contributed by atoms with Gasteiger partial charge in [-0.05, 0) is 18.6 Å². The maximum absolute atomic E-state index is 11.6. The van der Waals surface area contributed by atoms with Gasteiger partial charge in [0.1, 0.15) is 11.7 Å². The first-order valence-electron chi connectivity index (χ1n) is 5.79. The number of hydrogen-bond donors (Lipinski definition) is 1. The largest absolute Gasteiger partial charge is 0.468 e. The molecule has 0 saturated carbocycles. The first-order valence-corrected chi connectivity index (χ1v) is 5.79. The molecule has 0 aliphatic carbocycles. The molecule has 5 nitrogen and oxygen atoms in total. The van der Waals surface area contributed by atoms with Gasteiger partial charge >= 0.3 is 5.97 Å². The number of nitrogens with zero attached hydrogens (tertiary/aromatic N) is 2. The molecule has 2 heterocycles. The predicted molar refractivity (Wildman–Crippen MR) is 66.9 cm³/mol. The molecule has 94 valence electrons. The molecule has 2 rings (SSSR count). The summed E-state index contributed by atoms with van der Waals surface area (Å²) in [7, 11) is 1.39. The highest BCUT2D eigenvalue weighted by Gasteiger charge is 2.22. The third-order valence-electron chi connectivity index (χ3n) is 2.81. The number of carbonyl (C=O) groups is 1. The Morgan fingerprint density at radius 2 is 2.17 bits per heavy atom. The summed E-state index contributed by atoms with van der Waals surface area (Å²) in [6.07, 6.45) is 5.80. The van der Waals surface area contributed by atoms with E-state index in [-0.39, 0.29) is 11.9 Å². The van der Waals surface area contributed by atoms with Crippen LogP contribution in [0.15, 0.2) is 30.7 Å². The minimum absolute atomic E-state index is 0.270. The van der Waals surface area contributed by atoms with Crippen LogP contribution in [0, 0.1) is 0 Å². The predicted octanol–water partition coefficient (Wildman–Crippen LogP) is 2.14. The van der Waals surface area contributed by atoms with E-state index >= 15 is 0 Å². The number of aromatic amines is 1. The number of nitrogens with one attached hydrogen (secondary N) is 1. The third-order valence-corrected chi connectivity index (χ3v) is 2.81. The first kappa shape index (κ1) is 12.3. The van der Waals surface area contributed by atoms with E-state index in [2.05, 4.69) is 15.0 Å².